The van der Waals surface area contributed by atoms with Gasteiger partial charge in [-0.15, -0.1) is 0 Å². The second kappa shape index (κ2) is 6.09. The van der Waals surface area contributed by atoms with Gasteiger partial charge in [0.05, 0.1) is 11.0 Å². The fraction of sp³-hybridized carbons (Fsp3) is 0.938. The van der Waals surface area contributed by atoms with E-state index in [1.807, 2.05) is 18.7 Å². The van der Waals surface area contributed by atoms with Gasteiger partial charge < -0.3 is 14.7 Å². The Hall–Kier alpha value is -0.260. The van der Waals surface area contributed by atoms with Gasteiger partial charge in [0.25, 0.3) is 0 Å². The van der Waals surface area contributed by atoms with Crippen LogP contribution in [0, 0.1) is 5.41 Å². The number of hydrogen-bond donors (Lipinski definition) is 1. The molecule has 3 rings (SSSR count). The van der Waals surface area contributed by atoms with Crippen LogP contribution in [0.2, 0.25) is 0 Å². The third kappa shape index (κ3) is 2.97. The molecule has 3 aliphatic rings. The summed E-state index contributed by atoms with van der Waals surface area (Å²) in [5, 5.41) is 9.51. The van der Waals surface area contributed by atoms with Crippen LogP contribution in [0.4, 0.5) is 0 Å². The standard InChI is InChI=1S/C16H27NO3S/c1-2-15(14(18)19)4-7-17(8-5-15)13-3-9-20-16(11-13)6-10-21-12-16/h13H,2-12H2,1H3,(H,18,19). The molecule has 0 aromatic carbocycles. The Morgan fingerprint density at radius 2 is 2.14 bits per heavy atom. The van der Waals surface area contributed by atoms with Gasteiger partial charge in [0.15, 0.2) is 0 Å². The van der Waals surface area contributed by atoms with Gasteiger partial charge in [0, 0.05) is 18.4 Å². The minimum atomic E-state index is -0.597. The molecule has 0 saturated carbocycles. The second-order valence-electron chi connectivity index (χ2n) is 6.96. The van der Waals surface area contributed by atoms with Crippen LogP contribution in [0.3, 0.4) is 0 Å². The number of carbonyl (C=O) groups is 1. The van der Waals surface area contributed by atoms with E-state index in [1.54, 1.807) is 0 Å². The van der Waals surface area contributed by atoms with Crippen molar-refractivity contribution < 1.29 is 14.6 Å². The maximum atomic E-state index is 11.6. The molecule has 2 unspecified atom stereocenters. The number of carboxylic acid groups (broad SMARTS) is 1. The van der Waals surface area contributed by atoms with Gasteiger partial charge in [-0.25, -0.2) is 0 Å². The lowest BCUT2D eigenvalue weighted by Gasteiger charge is -2.46. The number of thioether (sulfide) groups is 1. The van der Waals surface area contributed by atoms with E-state index in [2.05, 4.69) is 4.90 Å². The average molecular weight is 313 g/mol. The molecule has 0 aliphatic carbocycles. The third-order valence-corrected chi connectivity index (χ3v) is 7.16. The number of rotatable bonds is 3. The molecule has 3 saturated heterocycles. The number of ether oxygens (including phenoxy) is 1. The monoisotopic (exact) mass is 313 g/mol. The van der Waals surface area contributed by atoms with Gasteiger partial charge in [0.2, 0.25) is 0 Å². The van der Waals surface area contributed by atoms with Crippen molar-refractivity contribution in [3.63, 3.8) is 0 Å². The molecule has 0 amide bonds. The first kappa shape index (κ1) is 15.6. The molecule has 4 nitrogen and oxygen atoms in total. The van der Waals surface area contributed by atoms with Crippen LogP contribution < -0.4 is 0 Å². The summed E-state index contributed by atoms with van der Waals surface area (Å²) in [6.07, 6.45) is 5.81. The largest absolute Gasteiger partial charge is 0.481 e. The van der Waals surface area contributed by atoms with Crippen LogP contribution in [-0.4, -0.2) is 58.8 Å². The summed E-state index contributed by atoms with van der Waals surface area (Å²) in [6, 6.07) is 0.598. The molecule has 5 heteroatoms. The predicted molar refractivity (Wildman–Crippen MR) is 84.8 cm³/mol. The SMILES string of the molecule is CCC1(C(=O)O)CCN(C2CCOC3(CCSC3)C2)CC1. The quantitative estimate of drug-likeness (QED) is 0.868. The summed E-state index contributed by atoms with van der Waals surface area (Å²) >= 11 is 2.01. The van der Waals surface area contributed by atoms with Crippen molar-refractivity contribution >= 4 is 17.7 Å². The molecule has 0 aromatic heterocycles. The Morgan fingerprint density at radius 1 is 1.38 bits per heavy atom. The zero-order chi connectivity index (χ0) is 14.9. The summed E-state index contributed by atoms with van der Waals surface area (Å²) in [5.74, 6) is 1.77. The van der Waals surface area contributed by atoms with Crippen LogP contribution in [0.25, 0.3) is 0 Å². The van der Waals surface area contributed by atoms with Crippen LogP contribution in [0.15, 0.2) is 0 Å². The van der Waals surface area contributed by atoms with Gasteiger partial charge in [-0.3, -0.25) is 4.79 Å². The van der Waals surface area contributed by atoms with Crippen LogP contribution in [-0.2, 0) is 9.53 Å². The Balaban J connectivity index is 1.60. The number of aliphatic carboxylic acids is 1. The molecule has 3 fully saturated rings. The van der Waals surface area contributed by atoms with E-state index in [4.69, 9.17) is 4.74 Å². The van der Waals surface area contributed by atoms with Gasteiger partial charge in [-0.1, -0.05) is 6.92 Å². The van der Waals surface area contributed by atoms with E-state index >= 15 is 0 Å². The number of nitrogens with zero attached hydrogens (tertiary/aromatic N) is 1. The van der Waals surface area contributed by atoms with Crippen LogP contribution >= 0.6 is 11.8 Å². The zero-order valence-corrected chi connectivity index (χ0v) is 13.8. The van der Waals surface area contributed by atoms with E-state index in [1.165, 1.54) is 12.2 Å². The van der Waals surface area contributed by atoms with E-state index in [0.29, 0.717) is 6.04 Å². The van der Waals surface area contributed by atoms with Crippen molar-refractivity contribution in [1.82, 2.24) is 4.90 Å². The molecule has 1 spiro atoms. The van der Waals surface area contributed by atoms with Crippen molar-refractivity contribution in [3.05, 3.63) is 0 Å². The summed E-state index contributed by atoms with van der Waals surface area (Å²) < 4.78 is 6.11. The fourth-order valence-corrected chi connectivity index (χ4v) is 5.59. The predicted octanol–water partition coefficient (Wildman–Crippen LogP) is 2.62. The van der Waals surface area contributed by atoms with E-state index in [-0.39, 0.29) is 5.60 Å². The van der Waals surface area contributed by atoms with Crippen molar-refractivity contribution in [2.24, 2.45) is 5.41 Å². The Kier molecular flexibility index (Phi) is 4.53. The molecule has 1 N–H and O–H groups in total. The lowest BCUT2D eigenvalue weighted by atomic mass is 9.75. The lowest BCUT2D eigenvalue weighted by Crippen LogP contribution is -2.53. The highest BCUT2D eigenvalue weighted by atomic mass is 32.2. The normalized spacial score (nSPS) is 36.9. The topological polar surface area (TPSA) is 49.8 Å². The minimum Gasteiger partial charge on any atom is -0.481 e. The lowest BCUT2D eigenvalue weighted by molar-refractivity contribution is -0.154. The van der Waals surface area contributed by atoms with Crippen molar-refractivity contribution in [2.75, 3.05) is 31.2 Å². The number of piperidine rings is 1. The summed E-state index contributed by atoms with van der Waals surface area (Å²) in [5.41, 5.74) is -0.345. The minimum absolute atomic E-state index is 0.125. The van der Waals surface area contributed by atoms with Gasteiger partial charge in [-0.05, 0) is 57.4 Å². The van der Waals surface area contributed by atoms with E-state index in [9.17, 15) is 9.90 Å². The molecule has 0 radical (unpaired) electrons. The maximum Gasteiger partial charge on any atom is 0.309 e. The van der Waals surface area contributed by atoms with E-state index < -0.39 is 11.4 Å². The molecule has 2 atom stereocenters. The molecule has 0 aromatic rings. The highest BCUT2D eigenvalue weighted by molar-refractivity contribution is 7.99. The molecule has 0 bridgehead atoms. The van der Waals surface area contributed by atoms with E-state index in [0.717, 1.165) is 57.6 Å². The first-order valence-corrected chi connectivity index (χ1v) is 9.44. The van der Waals surface area contributed by atoms with Crippen molar-refractivity contribution in [1.29, 1.82) is 0 Å². The van der Waals surface area contributed by atoms with Crippen LogP contribution in [0.1, 0.15) is 45.4 Å². The number of carboxylic acids is 1. The maximum absolute atomic E-state index is 11.6. The molecular formula is C16H27NO3S. The highest BCUT2D eigenvalue weighted by Crippen LogP contribution is 2.42. The second-order valence-corrected chi connectivity index (χ2v) is 8.06. The zero-order valence-electron chi connectivity index (χ0n) is 13.0. The molecule has 21 heavy (non-hydrogen) atoms. The first-order valence-electron chi connectivity index (χ1n) is 8.28. The molecule has 3 heterocycles. The molecular weight excluding hydrogens is 286 g/mol. The van der Waals surface area contributed by atoms with Gasteiger partial charge in [0.1, 0.15) is 0 Å². The fourth-order valence-electron chi connectivity index (χ4n) is 4.21. The number of hydrogen-bond acceptors (Lipinski definition) is 4. The molecule has 3 aliphatic heterocycles. The third-order valence-electron chi connectivity index (χ3n) is 5.94. The van der Waals surface area contributed by atoms with Crippen molar-refractivity contribution in [3.8, 4) is 0 Å². The summed E-state index contributed by atoms with van der Waals surface area (Å²) in [6.45, 7) is 4.77. The van der Waals surface area contributed by atoms with Crippen LogP contribution in [0.5, 0.6) is 0 Å². The Morgan fingerprint density at radius 3 is 2.71 bits per heavy atom. The van der Waals surface area contributed by atoms with Gasteiger partial charge >= 0.3 is 5.97 Å². The highest BCUT2D eigenvalue weighted by Gasteiger charge is 2.45. The Bertz CT molecular complexity index is 387. The summed E-state index contributed by atoms with van der Waals surface area (Å²) in [4.78, 5) is 14.1. The first-order chi connectivity index (χ1) is 10.1. The Labute approximate surface area is 131 Å². The molecule has 120 valence electrons. The average Bonchev–Trinajstić information content (AvgIpc) is 2.95. The van der Waals surface area contributed by atoms with Gasteiger partial charge in [-0.2, -0.15) is 11.8 Å². The van der Waals surface area contributed by atoms with Crippen molar-refractivity contribution in [2.45, 2.75) is 57.1 Å². The summed E-state index contributed by atoms with van der Waals surface area (Å²) in [7, 11) is 0. The number of likely N-dealkylation sites (tertiary alicyclic amines) is 1. The smallest absolute Gasteiger partial charge is 0.309 e.